The molecule has 2 rings (SSSR count). The minimum Gasteiger partial charge on any atom is -0.395 e. The summed E-state index contributed by atoms with van der Waals surface area (Å²) in [5.74, 6) is 0. The highest BCUT2D eigenvalue weighted by Crippen LogP contribution is 2.36. The molecule has 1 fully saturated rings. The zero-order valence-corrected chi connectivity index (χ0v) is 10.5. The minimum atomic E-state index is -0.576. The van der Waals surface area contributed by atoms with Gasteiger partial charge in [0.1, 0.15) is 0 Å². The lowest BCUT2D eigenvalue weighted by Crippen LogP contribution is -2.30. The van der Waals surface area contributed by atoms with E-state index in [4.69, 9.17) is 10.4 Å². The van der Waals surface area contributed by atoms with Crippen LogP contribution in [0.4, 0.5) is 5.69 Å². The normalized spacial score (nSPS) is 16.1. The van der Waals surface area contributed by atoms with Crippen LogP contribution in [0.3, 0.4) is 0 Å². The lowest BCUT2D eigenvalue weighted by atomic mass is 10.0. The third-order valence-corrected chi connectivity index (χ3v) is 3.25. The third-order valence-electron chi connectivity index (χ3n) is 3.25. The van der Waals surface area contributed by atoms with E-state index in [9.17, 15) is 5.11 Å². The van der Waals surface area contributed by atoms with Gasteiger partial charge >= 0.3 is 0 Å². The Kier molecular flexibility index (Phi) is 3.85. The summed E-state index contributed by atoms with van der Waals surface area (Å²) in [5.41, 5.74) is 2.27. The fourth-order valence-electron chi connectivity index (χ4n) is 2.21. The molecule has 1 aliphatic rings. The summed E-state index contributed by atoms with van der Waals surface area (Å²) in [7, 11) is 0. The van der Waals surface area contributed by atoms with Gasteiger partial charge in [-0.05, 0) is 31.9 Å². The van der Waals surface area contributed by atoms with E-state index in [0.29, 0.717) is 18.2 Å². The average Bonchev–Trinajstić information content (AvgIpc) is 3.19. The number of hydrogen-bond acceptors (Lipinski definition) is 4. The van der Waals surface area contributed by atoms with Gasteiger partial charge in [-0.1, -0.05) is 6.07 Å². The van der Waals surface area contributed by atoms with Crippen molar-refractivity contribution in [2.75, 3.05) is 18.1 Å². The Hall–Kier alpha value is -1.57. The second-order valence-electron chi connectivity index (χ2n) is 4.71. The van der Waals surface area contributed by atoms with Crippen LogP contribution in [0.5, 0.6) is 0 Å². The monoisotopic (exact) mass is 246 g/mol. The van der Waals surface area contributed by atoms with Gasteiger partial charge in [0.25, 0.3) is 0 Å². The molecule has 0 bridgehead atoms. The van der Waals surface area contributed by atoms with Gasteiger partial charge in [0.2, 0.25) is 0 Å². The number of aliphatic hydroxyl groups is 2. The van der Waals surface area contributed by atoms with Gasteiger partial charge in [0.05, 0.1) is 24.3 Å². The lowest BCUT2D eigenvalue weighted by Gasteiger charge is -2.27. The van der Waals surface area contributed by atoms with Crippen LogP contribution in [0.25, 0.3) is 0 Å². The summed E-state index contributed by atoms with van der Waals surface area (Å²) >= 11 is 0. The first-order valence-corrected chi connectivity index (χ1v) is 6.27. The molecule has 4 heteroatoms. The van der Waals surface area contributed by atoms with E-state index < -0.39 is 6.10 Å². The van der Waals surface area contributed by atoms with Crippen LogP contribution in [0.15, 0.2) is 18.2 Å². The summed E-state index contributed by atoms with van der Waals surface area (Å²) in [6.45, 7) is 2.33. The summed E-state index contributed by atoms with van der Waals surface area (Å²) in [5, 5.41) is 28.0. The molecule has 1 aromatic carbocycles. The van der Waals surface area contributed by atoms with Crippen LogP contribution in [0, 0.1) is 11.3 Å². The van der Waals surface area contributed by atoms with Crippen molar-refractivity contribution in [1.82, 2.24) is 0 Å². The van der Waals surface area contributed by atoms with Crippen LogP contribution < -0.4 is 4.90 Å². The highest BCUT2D eigenvalue weighted by Gasteiger charge is 2.30. The van der Waals surface area contributed by atoms with Gasteiger partial charge in [-0.2, -0.15) is 5.26 Å². The predicted molar refractivity (Wildman–Crippen MR) is 69.2 cm³/mol. The summed E-state index contributed by atoms with van der Waals surface area (Å²) in [6.07, 6.45) is 1.64. The summed E-state index contributed by atoms with van der Waals surface area (Å²) in [4.78, 5) is 2.10. The fourth-order valence-corrected chi connectivity index (χ4v) is 2.21. The second kappa shape index (κ2) is 5.38. The smallest absolute Gasteiger partial charge is 0.0992 e. The van der Waals surface area contributed by atoms with Gasteiger partial charge in [0.15, 0.2) is 0 Å². The molecule has 0 saturated heterocycles. The van der Waals surface area contributed by atoms with Crippen molar-refractivity contribution in [2.45, 2.75) is 31.9 Å². The number of nitrogens with zero attached hydrogens (tertiary/aromatic N) is 2. The SMILES string of the molecule is C[C@H](O)c1ccc(C#N)cc1N(CCO)C1CC1. The molecular weight excluding hydrogens is 228 g/mol. The maximum Gasteiger partial charge on any atom is 0.0992 e. The van der Waals surface area contributed by atoms with Crippen LogP contribution in [0.1, 0.15) is 37.0 Å². The van der Waals surface area contributed by atoms with E-state index >= 15 is 0 Å². The first-order chi connectivity index (χ1) is 8.67. The molecule has 0 aliphatic heterocycles. The molecule has 1 aliphatic carbocycles. The lowest BCUT2D eigenvalue weighted by molar-refractivity contribution is 0.199. The van der Waals surface area contributed by atoms with Gasteiger partial charge < -0.3 is 15.1 Å². The Labute approximate surface area is 107 Å². The average molecular weight is 246 g/mol. The number of aliphatic hydroxyl groups excluding tert-OH is 2. The number of benzene rings is 1. The van der Waals surface area contributed by atoms with Crippen LogP contribution >= 0.6 is 0 Å². The van der Waals surface area contributed by atoms with Crippen molar-refractivity contribution < 1.29 is 10.2 Å². The molecule has 0 unspecified atom stereocenters. The highest BCUT2D eigenvalue weighted by atomic mass is 16.3. The molecule has 0 radical (unpaired) electrons. The topological polar surface area (TPSA) is 67.5 Å². The molecule has 2 N–H and O–H groups in total. The molecule has 0 amide bonds. The Morgan fingerprint density at radius 1 is 1.50 bits per heavy atom. The summed E-state index contributed by atoms with van der Waals surface area (Å²) < 4.78 is 0. The van der Waals surface area contributed by atoms with Gasteiger partial charge in [-0.15, -0.1) is 0 Å². The Morgan fingerprint density at radius 2 is 2.22 bits per heavy atom. The van der Waals surface area contributed by atoms with Crippen molar-refractivity contribution in [1.29, 1.82) is 5.26 Å². The molecule has 0 aromatic heterocycles. The Bertz CT molecular complexity index is 461. The number of hydrogen-bond donors (Lipinski definition) is 2. The molecule has 18 heavy (non-hydrogen) atoms. The maximum atomic E-state index is 9.82. The zero-order valence-electron chi connectivity index (χ0n) is 10.5. The van der Waals surface area contributed by atoms with E-state index in [0.717, 1.165) is 24.1 Å². The largest absolute Gasteiger partial charge is 0.395 e. The molecule has 1 atom stereocenters. The predicted octanol–water partition coefficient (Wildman–Crippen LogP) is 1.57. The summed E-state index contributed by atoms with van der Waals surface area (Å²) in [6, 6.07) is 7.87. The third kappa shape index (κ3) is 2.63. The van der Waals surface area contributed by atoms with Crippen LogP contribution in [-0.4, -0.2) is 29.4 Å². The Morgan fingerprint density at radius 3 is 2.72 bits per heavy atom. The van der Waals surface area contributed by atoms with E-state index in [1.807, 2.05) is 0 Å². The molecule has 0 spiro atoms. The molecular formula is C14H18N2O2. The number of rotatable bonds is 5. The van der Waals surface area contributed by atoms with Crippen molar-refractivity contribution >= 4 is 5.69 Å². The van der Waals surface area contributed by atoms with Crippen LogP contribution in [0.2, 0.25) is 0 Å². The van der Waals surface area contributed by atoms with Gasteiger partial charge in [0, 0.05) is 23.8 Å². The Balaban J connectivity index is 2.41. The van der Waals surface area contributed by atoms with Crippen molar-refractivity contribution in [2.24, 2.45) is 0 Å². The standard InChI is InChI=1S/C14H18N2O2/c1-10(18)13-5-2-11(9-15)8-14(13)16(6-7-17)12-3-4-12/h2,5,8,10,12,17-18H,3-4,6-7H2,1H3/t10-/m0/s1. The fraction of sp³-hybridized carbons (Fsp3) is 0.500. The first-order valence-electron chi connectivity index (χ1n) is 6.27. The second-order valence-corrected chi connectivity index (χ2v) is 4.71. The molecule has 1 aromatic rings. The quantitative estimate of drug-likeness (QED) is 0.827. The maximum absolute atomic E-state index is 9.82. The number of nitriles is 1. The minimum absolute atomic E-state index is 0.0759. The van der Waals surface area contributed by atoms with Gasteiger partial charge in [-0.25, -0.2) is 0 Å². The first kappa shape index (κ1) is 12.9. The van der Waals surface area contributed by atoms with E-state index in [-0.39, 0.29) is 6.61 Å². The van der Waals surface area contributed by atoms with Crippen LogP contribution in [-0.2, 0) is 0 Å². The zero-order chi connectivity index (χ0) is 13.1. The van der Waals surface area contributed by atoms with Crippen molar-refractivity contribution in [3.05, 3.63) is 29.3 Å². The molecule has 1 saturated carbocycles. The highest BCUT2D eigenvalue weighted by molar-refractivity contribution is 5.59. The molecule has 96 valence electrons. The molecule has 4 nitrogen and oxygen atoms in total. The van der Waals surface area contributed by atoms with E-state index in [1.54, 1.807) is 25.1 Å². The van der Waals surface area contributed by atoms with Crippen molar-refractivity contribution in [3.8, 4) is 6.07 Å². The van der Waals surface area contributed by atoms with Crippen molar-refractivity contribution in [3.63, 3.8) is 0 Å². The van der Waals surface area contributed by atoms with Gasteiger partial charge in [-0.3, -0.25) is 0 Å². The number of anilines is 1. The van der Waals surface area contributed by atoms with E-state index in [1.165, 1.54) is 0 Å². The molecule has 0 heterocycles. The van der Waals surface area contributed by atoms with E-state index in [2.05, 4.69) is 11.0 Å².